The van der Waals surface area contributed by atoms with E-state index in [2.05, 4.69) is 4.90 Å². The maximum atomic E-state index is 13.0. The third kappa shape index (κ3) is 7.59. The van der Waals surface area contributed by atoms with E-state index in [1.807, 2.05) is 70.2 Å². The molecule has 0 aromatic heterocycles. The zero-order valence-corrected chi connectivity index (χ0v) is 18.1. The van der Waals surface area contributed by atoms with Crippen LogP contribution in [-0.4, -0.2) is 29.1 Å². The first kappa shape index (κ1) is 24.8. The minimum absolute atomic E-state index is 0.209. The molecule has 1 heterocycles. The summed E-state index contributed by atoms with van der Waals surface area (Å²) in [5.74, 6) is -0.0854. The van der Waals surface area contributed by atoms with Crippen LogP contribution >= 0.6 is 0 Å². The summed E-state index contributed by atoms with van der Waals surface area (Å²) in [5.41, 5.74) is 3.83. The molecule has 1 aliphatic heterocycles. The Morgan fingerprint density at radius 3 is 2.10 bits per heavy atom. The van der Waals surface area contributed by atoms with E-state index >= 15 is 0 Å². The predicted molar refractivity (Wildman–Crippen MR) is 116 cm³/mol. The highest BCUT2D eigenvalue weighted by atomic mass is 19.1. The Balaban J connectivity index is 0.000000989. The van der Waals surface area contributed by atoms with E-state index in [1.54, 1.807) is 5.48 Å². The number of halogens is 1. The van der Waals surface area contributed by atoms with Crippen LogP contribution in [0.1, 0.15) is 57.7 Å². The van der Waals surface area contributed by atoms with Gasteiger partial charge < -0.3 is 0 Å². The van der Waals surface area contributed by atoms with Crippen LogP contribution in [0.2, 0.25) is 0 Å². The number of carbonyl (C=O) groups is 1. The Morgan fingerprint density at radius 1 is 1.03 bits per heavy atom. The molecule has 5 heteroatoms. The van der Waals surface area contributed by atoms with Crippen molar-refractivity contribution in [3.8, 4) is 0 Å². The van der Waals surface area contributed by atoms with E-state index < -0.39 is 11.9 Å². The second-order valence-corrected chi connectivity index (χ2v) is 6.60. The molecule has 2 aromatic carbocycles. The van der Waals surface area contributed by atoms with E-state index in [1.165, 1.54) is 12.1 Å². The lowest BCUT2D eigenvalue weighted by molar-refractivity contribution is -0.135. The molecule has 0 bridgehead atoms. The molecule has 1 atom stereocenters. The van der Waals surface area contributed by atoms with Crippen LogP contribution in [0.4, 0.5) is 4.39 Å². The average Bonchev–Trinajstić information content (AvgIpc) is 2.80. The van der Waals surface area contributed by atoms with Gasteiger partial charge in [-0.05, 0) is 61.5 Å². The first-order valence-corrected chi connectivity index (χ1v) is 10.6. The second-order valence-electron chi connectivity index (χ2n) is 6.60. The zero-order valence-electron chi connectivity index (χ0n) is 18.1. The van der Waals surface area contributed by atoms with Gasteiger partial charge in [0.2, 0.25) is 0 Å². The summed E-state index contributed by atoms with van der Waals surface area (Å²) in [6.45, 7) is 9.58. The van der Waals surface area contributed by atoms with Gasteiger partial charge in [-0.3, -0.25) is 14.9 Å². The Morgan fingerprint density at radius 2 is 1.59 bits per heavy atom. The van der Waals surface area contributed by atoms with Gasteiger partial charge in [0.1, 0.15) is 11.9 Å². The van der Waals surface area contributed by atoms with Crippen molar-refractivity contribution in [1.29, 1.82) is 0 Å². The number of amides is 1. The highest BCUT2D eigenvalue weighted by molar-refractivity contribution is 5.82. The van der Waals surface area contributed by atoms with Gasteiger partial charge in [-0.15, -0.1) is 0 Å². The molecule has 29 heavy (non-hydrogen) atoms. The summed E-state index contributed by atoms with van der Waals surface area (Å²) >= 11 is 0. The number of likely N-dealkylation sites (tertiary alicyclic amines) is 1. The van der Waals surface area contributed by atoms with Crippen molar-refractivity contribution in [2.24, 2.45) is 5.92 Å². The lowest BCUT2D eigenvalue weighted by Crippen LogP contribution is -2.43. The summed E-state index contributed by atoms with van der Waals surface area (Å²) in [6, 6.07) is 15.7. The van der Waals surface area contributed by atoms with Gasteiger partial charge >= 0.3 is 0 Å². The molecule has 0 saturated carbocycles. The standard InChI is InChI=1S/C20H23FN2O2.2C2H6/c21-18-8-6-15(7-9-18)14-16-10-12-23(13-11-16)19(20(24)22-25)17-4-2-1-3-5-17;2*1-2/h1-9,16,19,25H,10-14H2,(H,22,24);2*1-2H3. The minimum Gasteiger partial charge on any atom is -0.289 e. The van der Waals surface area contributed by atoms with Crippen LogP contribution in [0.5, 0.6) is 0 Å². The molecule has 160 valence electrons. The fourth-order valence-electron chi connectivity index (χ4n) is 3.59. The Bertz CT molecular complexity index is 684. The number of piperidine rings is 1. The summed E-state index contributed by atoms with van der Waals surface area (Å²) in [6.07, 6.45) is 2.87. The molecule has 1 saturated heterocycles. The van der Waals surface area contributed by atoms with E-state index in [-0.39, 0.29) is 5.82 Å². The van der Waals surface area contributed by atoms with Crippen molar-refractivity contribution in [2.75, 3.05) is 13.1 Å². The molecular weight excluding hydrogens is 367 g/mol. The van der Waals surface area contributed by atoms with Crippen LogP contribution in [0.15, 0.2) is 54.6 Å². The summed E-state index contributed by atoms with van der Waals surface area (Å²) in [5, 5.41) is 9.11. The Labute approximate surface area is 174 Å². The number of rotatable bonds is 5. The summed E-state index contributed by atoms with van der Waals surface area (Å²) in [4.78, 5) is 14.3. The molecule has 0 aliphatic carbocycles. The van der Waals surface area contributed by atoms with Crippen LogP contribution < -0.4 is 5.48 Å². The van der Waals surface area contributed by atoms with Gasteiger partial charge in [-0.1, -0.05) is 70.2 Å². The predicted octanol–water partition coefficient (Wildman–Crippen LogP) is 5.38. The number of nitrogens with one attached hydrogen (secondary N) is 1. The molecule has 0 radical (unpaired) electrons. The molecular formula is C24H35FN2O2. The van der Waals surface area contributed by atoms with Gasteiger partial charge in [0.05, 0.1) is 0 Å². The maximum Gasteiger partial charge on any atom is 0.265 e. The van der Waals surface area contributed by atoms with Crippen molar-refractivity contribution in [3.63, 3.8) is 0 Å². The molecule has 3 rings (SSSR count). The number of nitrogens with zero attached hydrogens (tertiary/aromatic N) is 1. The lowest BCUT2D eigenvalue weighted by atomic mass is 9.89. The molecule has 2 aromatic rings. The number of carbonyl (C=O) groups excluding carboxylic acids is 1. The zero-order chi connectivity index (χ0) is 21.6. The highest BCUT2D eigenvalue weighted by Gasteiger charge is 2.30. The van der Waals surface area contributed by atoms with Gasteiger partial charge in [0.15, 0.2) is 0 Å². The largest absolute Gasteiger partial charge is 0.289 e. The summed E-state index contributed by atoms with van der Waals surface area (Å²) in [7, 11) is 0. The van der Waals surface area contributed by atoms with Gasteiger partial charge in [0, 0.05) is 0 Å². The first-order chi connectivity index (χ1) is 14.2. The van der Waals surface area contributed by atoms with Crippen molar-refractivity contribution in [2.45, 2.75) is 53.0 Å². The normalized spacial score (nSPS) is 15.2. The number of benzene rings is 2. The molecule has 0 spiro atoms. The maximum absolute atomic E-state index is 13.0. The van der Waals surface area contributed by atoms with Crippen molar-refractivity contribution in [1.82, 2.24) is 10.4 Å². The van der Waals surface area contributed by atoms with E-state index in [9.17, 15) is 9.18 Å². The quantitative estimate of drug-likeness (QED) is 0.521. The van der Waals surface area contributed by atoms with Crippen molar-refractivity contribution >= 4 is 5.91 Å². The molecule has 4 nitrogen and oxygen atoms in total. The van der Waals surface area contributed by atoms with Crippen LogP contribution in [0.25, 0.3) is 0 Å². The molecule has 2 N–H and O–H groups in total. The SMILES string of the molecule is CC.CC.O=C(NO)C(c1ccccc1)N1CCC(Cc2ccc(F)cc2)CC1. The molecule has 1 fully saturated rings. The van der Waals surface area contributed by atoms with Crippen LogP contribution in [-0.2, 0) is 11.2 Å². The molecule has 1 amide bonds. The summed E-state index contributed by atoms with van der Waals surface area (Å²) < 4.78 is 13.0. The smallest absolute Gasteiger partial charge is 0.265 e. The van der Waals surface area contributed by atoms with Gasteiger partial charge in [-0.2, -0.15) is 0 Å². The van der Waals surface area contributed by atoms with Crippen molar-refractivity contribution in [3.05, 3.63) is 71.5 Å². The van der Waals surface area contributed by atoms with Crippen LogP contribution in [0, 0.1) is 11.7 Å². The number of hydrogen-bond donors (Lipinski definition) is 2. The minimum atomic E-state index is -0.474. The number of hydroxylamine groups is 1. The topological polar surface area (TPSA) is 52.6 Å². The Hall–Kier alpha value is -2.24. The second kappa shape index (κ2) is 13.9. The molecule has 1 unspecified atom stereocenters. The lowest BCUT2D eigenvalue weighted by Gasteiger charge is -2.36. The molecule has 1 aliphatic rings. The first-order valence-electron chi connectivity index (χ1n) is 10.6. The van der Waals surface area contributed by atoms with Gasteiger partial charge in [0.25, 0.3) is 5.91 Å². The third-order valence-electron chi connectivity index (χ3n) is 4.93. The fourth-order valence-corrected chi connectivity index (χ4v) is 3.59. The van der Waals surface area contributed by atoms with Gasteiger partial charge in [-0.25, -0.2) is 9.87 Å². The van der Waals surface area contributed by atoms with Crippen molar-refractivity contribution < 1.29 is 14.4 Å². The third-order valence-corrected chi connectivity index (χ3v) is 4.93. The Kier molecular flexibility index (Phi) is 11.8. The number of hydrogen-bond acceptors (Lipinski definition) is 3. The van der Waals surface area contributed by atoms with E-state index in [4.69, 9.17) is 5.21 Å². The van der Waals surface area contributed by atoms with E-state index in [0.29, 0.717) is 5.92 Å². The highest BCUT2D eigenvalue weighted by Crippen LogP contribution is 2.28. The average molecular weight is 403 g/mol. The van der Waals surface area contributed by atoms with E-state index in [0.717, 1.165) is 43.5 Å². The van der Waals surface area contributed by atoms with Crippen LogP contribution in [0.3, 0.4) is 0 Å². The monoisotopic (exact) mass is 402 g/mol. The fraction of sp³-hybridized carbons (Fsp3) is 0.458.